The molecule has 1 fully saturated rings. The highest BCUT2D eigenvalue weighted by molar-refractivity contribution is 14.0. The van der Waals surface area contributed by atoms with E-state index >= 15 is 0 Å². The molecule has 2 rings (SSSR count). The number of benzene rings is 1. The Labute approximate surface area is 187 Å². The van der Waals surface area contributed by atoms with Gasteiger partial charge in [0.2, 0.25) is 0 Å². The summed E-state index contributed by atoms with van der Waals surface area (Å²) >= 11 is 0. The van der Waals surface area contributed by atoms with Crippen molar-refractivity contribution in [3.05, 3.63) is 23.8 Å². The average molecular weight is 504 g/mol. The van der Waals surface area contributed by atoms with Gasteiger partial charge in [-0.15, -0.1) is 24.0 Å². The van der Waals surface area contributed by atoms with Crippen LogP contribution in [0.4, 0.5) is 0 Å². The molecule has 1 heterocycles. The summed E-state index contributed by atoms with van der Waals surface area (Å²) in [5, 5.41) is 6.88. The molecule has 1 aromatic carbocycles. The number of nitrogens with one attached hydrogen (secondary N) is 2. The van der Waals surface area contributed by atoms with E-state index in [0.29, 0.717) is 19.1 Å². The lowest BCUT2D eigenvalue weighted by Crippen LogP contribution is -2.41. The minimum Gasteiger partial charge on any atom is -0.490 e. The second-order valence-corrected chi connectivity index (χ2v) is 6.82. The van der Waals surface area contributed by atoms with Gasteiger partial charge in [-0.2, -0.15) is 0 Å². The number of aliphatic imine (C=N–C) groups is 1. The molecule has 1 atom stereocenters. The van der Waals surface area contributed by atoms with Crippen molar-refractivity contribution < 1.29 is 9.47 Å². The van der Waals surface area contributed by atoms with E-state index in [0.717, 1.165) is 43.5 Å². The minimum absolute atomic E-state index is 0. The first-order valence-corrected chi connectivity index (χ1v) is 10.2. The van der Waals surface area contributed by atoms with Gasteiger partial charge in [-0.1, -0.05) is 13.0 Å². The number of hydrogen-bond donors (Lipinski definition) is 2. The van der Waals surface area contributed by atoms with Crippen molar-refractivity contribution in [2.75, 3.05) is 53.0 Å². The van der Waals surface area contributed by atoms with Crippen LogP contribution in [0.5, 0.6) is 11.5 Å². The summed E-state index contributed by atoms with van der Waals surface area (Å²) in [6.45, 7) is 12.8. The Morgan fingerprint density at radius 2 is 1.89 bits per heavy atom. The number of ether oxygens (including phenoxy) is 2. The zero-order chi connectivity index (χ0) is 19.5. The molecule has 0 amide bonds. The molecule has 1 unspecified atom stereocenters. The molecule has 1 saturated heterocycles. The van der Waals surface area contributed by atoms with Crippen LogP contribution in [0.3, 0.4) is 0 Å². The maximum atomic E-state index is 5.71. The topological polar surface area (TPSA) is 58.1 Å². The van der Waals surface area contributed by atoms with Gasteiger partial charge in [-0.25, -0.2) is 0 Å². The predicted octanol–water partition coefficient (Wildman–Crippen LogP) is 3.15. The smallest absolute Gasteiger partial charge is 0.190 e. The predicted molar refractivity (Wildman–Crippen MR) is 127 cm³/mol. The van der Waals surface area contributed by atoms with Crippen molar-refractivity contribution in [3.8, 4) is 11.5 Å². The van der Waals surface area contributed by atoms with Crippen LogP contribution in [0.15, 0.2) is 23.2 Å². The van der Waals surface area contributed by atoms with E-state index < -0.39 is 0 Å². The van der Waals surface area contributed by atoms with Crippen molar-refractivity contribution in [3.63, 3.8) is 0 Å². The lowest BCUT2D eigenvalue weighted by Gasteiger charge is -2.16. The van der Waals surface area contributed by atoms with E-state index in [9.17, 15) is 0 Å². The summed E-state index contributed by atoms with van der Waals surface area (Å²) in [6.07, 6.45) is 2.17. The second kappa shape index (κ2) is 13.9. The van der Waals surface area contributed by atoms with Gasteiger partial charge in [0.25, 0.3) is 0 Å². The molecule has 0 aliphatic carbocycles. The van der Waals surface area contributed by atoms with Gasteiger partial charge in [0, 0.05) is 26.7 Å². The van der Waals surface area contributed by atoms with E-state index in [2.05, 4.69) is 39.6 Å². The van der Waals surface area contributed by atoms with E-state index in [1.807, 2.05) is 27.0 Å². The summed E-state index contributed by atoms with van der Waals surface area (Å²) in [5.74, 6) is 3.22. The van der Waals surface area contributed by atoms with Crippen LogP contribution in [0, 0.1) is 5.92 Å². The molecule has 1 aliphatic rings. The van der Waals surface area contributed by atoms with Crippen LogP contribution in [0.1, 0.15) is 32.8 Å². The Balaban J connectivity index is 0.00000392. The molecule has 0 saturated carbocycles. The Hall–Kier alpha value is -1.22. The molecule has 160 valence electrons. The Morgan fingerprint density at radius 3 is 2.54 bits per heavy atom. The highest BCUT2D eigenvalue weighted by atomic mass is 127. The lowest BCUT2D eigenvalue weighted by atomic mass is 10.1. The third-order valence-corrected chi connectivity index (χ3v) is 4.91. The molecule has 0 spiro atoms. The summed E-state index contributed by atoms with van der Waals surface area (Å²) in [5.41, 5.74) is 1.22. The molecule has 2 N–H and O–H groups in total. The van der Waals surface area contributed by atoms with Gasteiger partial charge >= 0.3 is 0 Å². The van der Waals surface area contributed by atoms with Gasteiger partial charge in [0.1, 0.15) is 0 Å². The highest BCUT2D eigenvalue weighted by Crippen LogP contribution is 2.28. The van der Waals surface area contributed by atoms with Crippen LogP contribution in [-0.4, -0.2) is 63.8 Å². The van der Waals surface area contributed by atoms with Crippen molar-refractivity contribution in [2.24, 2.45) is 10.9 Å². The highest BCUT2D eigenvalue weighted by Gasteiger charge is 2.20. The standard InChI is InChI=1S/C21H36N4O2.HI/c1-5-25-13-11-18(16-25)15-24-21(22-4)23-12-10-17-8-9-19(26-6-2)20(14-17)27-7-3;/h8-9,14,18H,5-7,10-13,15-16H2,1-4H3,(H2,22,23,24);1H. The van der Waals surface area contributed by atoms with Crippen LogP contribution in [0.2, 0.25) is 0 Å². The number of guanidine groups is 1. The third-order valence-electron chi connectivity index (χ3n) is 4.91. The Bertz CT molecular complexity index is 598. The SMILES string of the molecule is CCOc1ccc(CCNC(=NC)NCC2CCN(CC)C2)cc1OCC.I. The molecule has 28 heavy (non-hydrogen) atoms. The summed E-state index contributed by atoms with van der Waals surface area (Å²) in [4.78, 5) is 6.85. The van der Waals surface area contributed by atoms with Crippen molar-refractivity contribution in [1.29, 1.82) is 0 Å². The summed E-state index contributed by atoms with van der Waals surface area (Å²) in [6, 6.07) is 6.17. The molecule has 7 heteroatoms. The first-order chi connectivity index (χ1) is 13.2. The molecule has 1 aliphatic heterocycles. The monoisotopic (exact) mass is 504 g/mol. The lowest BCUT2D eigenvalue weighted by molar-refractivity contribution is 0.287. The first kappa shape index (κ1) is 24.8. The van der Waals surface area contributed by atoms with Crippen molar-refractivity contribution in [2.45, 2.75) is 33.6 Å². The van der Waals surface area contributed by atoms with Crippen LogP contribution >= 0.6 is 24.0 Å². The fraction of sp³-hybridized carbons (Fsp3) is 0.667. The molecular weight excluding hydrogens is 467 g/mol. The van der Waals surface area contributed by atoms with Gasteiger partial charge < -0.3 is 25.0 Å². The van der Waals surface area contributed by atoms with E-state index in [4.69, 9.17) is 9.47 Å². The van der Waals surface area contributed by atoms with Gasteiger partial charge in [0.15, 0.2) is 17.5 Å². The third kappa shape index (κ3) is 8.03. The normalized spacial score (nSPS) is 17.1. The quantitative estimate of drug-likeness (QED) is 0.291. The number of rotatable bonds is 10. The fourth-order valence-corrected chi connectivity index (χ4v) is 3.40. The minimum atomic E-state index is 0. The summed E-state index contributed by atoms with van der Waals surface area (Å²) < 4.78 is 11.3. The van der Waals surface area contributed by atoms with E-state index in [1.54, 1.807) is 0 Å². The number of hydrogen-bond acceptors (Lipinski definition) is 4. The number of nitrogens with zero attached hydrogens (tertiary/aromatic N) is 2. The maximum Gasteiger partial charge on any atom is 0.190 e. The van der Waals surface area contributed by atoms with Crippen LogP contribution in [-0.2, 0) is 6.42 Å². The molecule has 6 nitrogen and oxygen atoms in total. The number of halogens is 1. The molecular formula is C21H37IN4O2. The van der Waals surface area contributed by atoms with Crippen LogP contribution < -0.4 is 20.1 Å². The van der Waals surface area contributed by atoms with Gasteiger partial charge in [0.05, 0.1) is 13.2 Å². The van der Waals surface area contributed by atoms with Crippen molar-refractivity contribution in [1.82, 2.24) is 15.5 Å². The molecule has 1 aromatic rings. The van der Waals surface area contributed by atoms with Crippen molar-refractivity contribution >= 4 is 29.9 Å². The van der Waals surface area contributed by atoms with E-state index in [1.165, 1.54) is 25.1 Å². The molecule has 0 aromatic heterocycles. The van der Waals surface area contributed by atoms with Crippen LogP contribution in [0.25, 0.3) is 0 Å². The maximum absolute atomic E-state index is 5.71. The Morgan fingerprint density at radius 1 is 1.14 bits per heavy atom. The summed E-state index contributed by atoms with van der Waals surface area (Å²) in [7, 11) is 1.83. The number of likely N-dealkylation sites (tertiary alicyclic amines) is 1. The van der Waals surface area contributed by atoms with E-state index in [-0.39, 0.29) is 24.0 Å². The largest absolute Gasteiger partial charge is 0.490 e. The average Bonchev–Trinajstić information content (AvgIpc) is 3.15. The van der Waals surface area contributed by atoms with Gasteiger partial charge in [-0.05, 0) is 63.4 Å². The second-order valence-electron chi connectivity index (χ2n) is 6.82. The fourth-order valence-electron chi connectivity index (χ4n) is 3.40. The molecule has 0 radical (unpaired) electrons. The van der Waals surface area contributed by atoms with Gasteiger partial charge in [-0.3, -0.25) is 4.99 Å². The zero-order valence-corrected chi connectivity index (χ0v) is 20.1. The Kier molecular flexibility index (Phi) is 12.3. The first-order valence-electron chi connectivity index (χ1n) is 10.2. The zero-order valence-electron chi connectivity index (χ0n) is 17.8. The molecule has 0 bridgehead atoms.